The van der Waals surface area contributed by atoms with Gasteiger partial charge < -0.3 is 24.9 Å². The topological polar surface area (TPSA) is 125 Å². The lowest BCUT2D eigenvalue weighted by molar-refractivity contribution is -0.136. The summed E-state index contributed by atoms with van der Waals surface area (Å²) in [6, 6.07) is 14.6. The standard InChI is InChI=1S/C27H29N3O5/c1-34-18-11-12-23-20(15-18)21(16-28)26(35-23)25(17-7-3-2-4-8-17)30-22-10-6-5-9-19(22)27(33)29-14-13-24(31)32/h5-6,9-12,15,17,25,30H,2-4,7-8,13-14H2,1H3,(H,29,33)(H,31,32). The van der Waals surface area contributed by atoms with E-state index in [4.69, 9.17) is 14.3 Å². The number of hydrogen-bond donors (Lipinski definition) is 3. The van der Waals surface area contributed by atoms with Crippen LogP contribution >= 0.6 is 0 Å². The number of ether oxygens (including phenoxy) is 1. The van der Waals surface area contributed by atoms with E-state index in [0.29, 0.717) is 39.3 Å². The van der Waals surface area contributed by atoms with Crippen molar-refractivity contribution in [3.63, 3.8) is 0 Å². The molecule has 0 saturated heterocycles. The van der Waals surface area contributed by atoms with Crippen LogP contribution in [0.4, 0.5) is 5.69 Å². The molecule has 1 unspecified atom stereocenters. The third-order valence-electron chi connectivity index (χ3n) is 6.55. The number of amides is 1. The molecule has 8 nitrogen and oxygen atoms in total. The highest BCUT2D eigenvalue weighted by molar-refractivity contribution is 5.99. The Morgan fingerprint density at radius 3 is 2.69 bits per heavy atom. The number of fused-ring (bicyclic) bond motifs is 1. The van der Waals surface area contributed by atoms with Gasteiger partial charge in [0.25, 0.3) is 5.91 Å². The first-order chi connectivity index (χ1) is 17.0. The largest absolute Gasteiger partial charge is 0.497 e. The Morgan fingerprint density at radius 2 is 1.97 bits per heavy atom. The number of carbonyl (C=O) groups is 2. The Balaban J connectivity index is 1.72. The predicted octanol–water partition coefficient (Wildman–Crippen LogP) is 5.25. The van der Waals surface area contributed by atoms with Crippen LogP contribution in [0, 0.1) is 17.2 Å². The fourth-order valence-electron chi connectivity index (χ4n) is 4.77. The number of para-hydroxylation sites is 1. The molecule has 1 amide bonds. The maximum Gasteiger partial charge on any atom is 0.305 e. The summed E-state index contributed by atoms with van der Waals surface area (Å²) < 4.78 is 11.6. The number of nitrogens with zero attached hydrogens (tertiary/aromatic N) is 1. The summed E-state index contributed by atoms with van der Waals surface area (Å²) in [6.45, 7) is 0.0402. The fourth-order valence-corrected chi connectivity index (χ4v) is 4.77. The highest BCUT2D eigenvalue weighted by Gasteiger charge is 2.32. The van der Waals surface area contributed by atoms with Crippen molar-refractivity contribution in [2.45, 2.75) is 44.6 Å². The smallest absolute Gasteiger partial charge is 0.305 e. The van der Waals surface area contributed by atoms with Gasteiger partial charge in [-0.25, -0.2) is 0 Å². The quantitative estimate of drug-likeness (QED) is 0.386. The van der Waals surface area contributed by atoms with Gasteiger partial charge in [-0.3, -0.25) is 9.59 Å². The molecule has 1 fully saturated rings. The van der Waals surface area contributed by atoms with E-state index in [9.17, 15) is 14.9 Å². The molecule has 3 N–H and O–H groups in total. The van der Waals surface area contributed by atoms with E-state index >= 15 is 0 Å². The zero-order chi connectivity index (χ0) is 24.8. The van der Waals surface area contributed by atoms with E-state index in [2.05, 4.69) is 16.7 Å². The van der Waals surface area contributed by atoms with Gasteiger partial charge in [-0.2, -0.15) is 5.26 Å². The Labute approximate surface area is 203 Å². The van der Waals surface area contributed by atoms with Crippen molar-refractivity contribution >= 4 is 28.5 Å². The van der Waals surface area contributed by atoms with Crippen molar-refractivity contribution in [3.05, 3.63) is 59.4 Å². The average molecular weight is 476 g/mol. The van der Waals surface area contributed by atoms with Gasteiger partial charge in [-0.1, -0.05) is 31.4 Å². The molecule has 8 heteroatoms. The number of carbonyl (C=O) groups excluding carboxylic acids is 1. The van der Waals surface area contributed by atoms with Gasteiger partial charge in [-0.05, 0) is 49.1 Å². The maximum atomic E-state index is 12.8. The number of carboxylic acid groups (broad SMARTS) is 1. The molecule has 0 radical (unpaired) electrons. The second-order valence-electron chi connectivity index (χ2n) is 8.78. The van der Waals surface area contributed by atoms with E-state index in [1.165, 1.54) is 6.42 Å². The Kier molecular flexibility index (Phi) is 7.56. The number of furan rings is 1. The molecule has 3 aromatic rings. The molecule has 1 aliphatic rings. The van der Waals surface area contributed by atoms with Crippen LogP contribution in [0.2, 0.25) is 0 Å². The van der Waals surface area contributed by atoms with Gasteiger partial charge in [0.05, 0.1) is 25.1 Å². The lowest BCUT2D eigenvalue weighted by Gasteiger charge is -2.31. The summed E-state index contributed by atoms with van der Waals surface area (Å²) in [4.78, 5) is 23.7. The summed E-state index contributed by atoms with van der Waals surface area (Å²) in [5.74, 6) is 0.100. The minimum absolute atomic E-state index is 0.0402. The molecule has 0 bridgehead atoms. The van der Waals surface area contributed by atoms with E-state index < -0.39 is 5.97 Å². The van der Waals surface area contributed by atoms with Crippen LogP contribution in [0.1, 0.15) is 66.2 Å². The lowest BCUT2D eigenvalue weighted by atomic mass is 9.82. The molecule has 1 aliphatic carbocycles. The summed E-state index contributed by atoms with van der Waals surface area (Å²) in [6.07, 6.45) is 5.17. The van der Waals surface area contributed by atoms with E-state index in [1.54, 1.807) is 31.4 Å². The van der Waals surface area contributed by atoms with Crippen LogP contribution in [-0.4, -0.2) is 30.6 Å². The number of methoxy groups -OCH3 is 1. The summed E-state index contributed by atoms with van der Waals surface area (Å²) in [5.41, 5.74) is 2.10. The minimum atomic E-state index is -0.973. The highest BCUT2D eigenvalue weighted by atomic mass is 16.5. The molecule has 1 heterocycles. The third kappa shape index (κ3) is 5.40. The zero-order valence-corrected chi connectivity index (χ0v) is 19.7. The predicted molar refractivity (Wildman–Crippen MR) is 131 cm³/mol. The van der Waals surface area contributed by atoms with E-state index in [-0.39, 0.29) is 30.8 Å². The normalized spacial score (nSPS) is 14.7. The van der Waals surface area contributed by atoms with Crippen molar-refractivity contribution in [2.24, 2.45) is 5.92 Å². The van der Waals surface area contributed by atoms with Gasteiger partial charge >= 0.3 is 5.97 Å². The number of benzene rings is 2. The van der Waals surface area contributed by atoms with Crippen molar-refractivity contribution in [1.82, 2.24) is 5.32 Å². The SMILES string of the molecule is COc1ccc2oc(C(Nc3ccccc3C(=O)NCCC(=O)O)C3CCCCC3)c(C#N)c2c1. The average Bonchev–Trinajstić information content (AvgIpc) is 3.25. The van der Waals surface area contributed by atoms with Crippen LogP contribution in [0.5, 0.6) is 5.75 Å². The molecule has 4 rings (SSSR count). The molecule has 182 valence electrons. The molecular formula is C27H29N3O5. The molecule has 0 spiro atoms. The van der Waals surface area contributed by atoms with Gasteiger partial charge in [0.15, 0.2) is 0 Å². The molecule has 35 heavy (non-hydrogen) atoms. The van der Waals surface area contributed by atoms with Gasteiger partial charge in [0.2, 0.25) is 0 Å². The third-order valence-corrected chi connectivity index (χ3v) is 6.55. The molecule has 2 aromatic carbocycles. The maximum absolute atomic E-state index is 12.8. The lowest BCUT2D eigenvalue weighted by Crippen LogP contribution is -2.28. The summed E-state index contributed by atoms with van der Waals surface area (Å²) >= 11 is 0. The van der Waals surface area contributed by atoms with Gasteiger partial charge in [-0.15, -0.1) is 0 Å². The first-order valence-electron chi connectivity index (χ1n) is 11.9. The van der Waals surface area contributed by atoms with Crippen LogP contribution < -0.4 is 15.4 Å². The number of anilines is 1. The summed E-state index contributed by atoms with van der Waals surface area (Å²) in [5, 5.41) is 25.8. The first-order valence-corrected chi connectivity index (χ1v) is 11.9. The number of carboxylic acids is 1. The first kappa shape index (κ1) is 24.1. The van der Waals surface area contributed by atoms with Gasteiger partial charge in [0, 0.05) is 17.6 Å². The number of hydrogen-bond acceptors (Lipinski definition) is 6. The molecule has 0 aliphatic heterocycles. The Bertz CT molecular complexity index is 1250. The zero-order valence-electron chi connectivity index (χ0n) is 19.7. The second kappa shape index (κ2) is 11.0. The Morgan fingerprint density at radius 1 is 1.20 bits per heavy atom. The van der Waals surface area contributed by atoms with E-state index in [0.717, 1.165) is 25.7 Å². The van der Waals surface area contributed by atoms with Crippen molar-refractivity contribution in [2.75, 3.05) is 19.0 Å². The van der Waals surface area contributed by atoms with Crippen LogP contribution in [-0.2, 0) is 4.79 Å². The van der Waals surface area contributed by atoms with Crippen molar-refractivity contribution in [1.29, 1.82) is 5.26 Å². The van der Waals surface area contributed by atoms with Crippen LogP contribution in [0.25, 0.3) is 11.0 Å². The van der Waals surface area contributed by atoms with Crippen molar-refractivity contribution in [3.8, 4) is 11.8 Å². The van der Waals surface area contributed by atoms with Crippen LogP contribution in [0.3, 0.4) is 0 Å². The van der Waals surface area contributed by atoms with E-state index in [1.807, 2.05) is 18.2 Å². The molecule has 1 aromatic heterocycles. The van der Waals surface area contributed by atoms with Gasteiger partial charge in [0.1, 0.15) is 28.7 Å². The second-order valence-corrected chi connectivity index (χ2v) is 8.78. The van der Waals surface area contributed by atoms with Crippen molar-refractivity contribution < 1.29 is 23.8 Å². The monoisotopic (exact) mass is 475 g/mol. The molecular weight excluding hydrogens is 446 g/mol. The Hall–Kier alpha value is -3.99. The molecule has 1 saturated carbocycles. The number of nitriles is 1. The number of aliphatic carboxylic acids is 1. The number of rotatable bonds is 9. The fraction of sp³-hybridized carbons (Fsp3) is 0.370. The molecule has 1 atom stereocenters. The summed E-state index contributed by atoms with van der Waals surface area (Å²) in [7, 11) is 1.58. The number of nitrogens with one attached hydrogen (secondary N) is 2. The minimum Gasteiger partial charge on any atom is -0.497 e. The highest BCUT2D eigenvalue weighted by Crippen LogP contribution is 2.41. The van der Waals surface area contributed by atoms with Crippen LogP contribution in [0.15, 0.2) is 46.9 Å².